The zero-order valence-electron chi connectivity index (χ0n) is 17.3. The Kier molecular flexibility index (Phi) is 6.82. The van der Waals surface area contributed by atoms with Gasteiger partial charge in [0, 0.05) is 38.0 Å². The van der Waals surface area contributed by atoms with Gasteiger partial charge in [0.15, 0.2) is 0 Å². The third-order valence-corrected chi connectivity index (χ3v) is 6.70. The number of hydrogen-bond donors (Lipinski definition) is 0. The Bertz CT molecular complexity index is 847. The molecule has 160 valence electrons. The first-order chi connectivity index (χ1) is 14.6. The number of ether oxygens (including phenoxy) is 2. The van der Waals surface area contributed by atoms with Gasteiger partial charge in [0.1, 0.15) is 12.6 Å². The Morgan fingerprint density at radius 2 is 2.07 bits per heavy atom. The Labute approximate surface area is 181 Å². The van der Waals surface area contributed by atoms with Gasteiger partial charge in [-0.1, -0.05) is 30.3 Å². The standard InChI is InChI=1S/C23H28N2O4S/c1-24-10-11-25(22(26)16-28-15-19-4-2-12-29-19)20(23(24)27)14-17-6-8-18(9-7-17)21-5-3-13-30-21/h3,5-9,13,19-20H,2,4,10-12,14-16H2,1H3/t19-,20+/m1/s1. The maximum absolute atomic E-state index is 12.9. The van der Waals surface area contributed by atoms with Crippen LogP contribution in [-0.4, -0.2) is 73.7 Å². The first-order valence-corrected chi connectivity index (χ1v) is 11.4. The summed E-state index contributed by atoms with van der Waals surface area (Å²) in [5, 5.41) is 2.06. The second kappa shape index (κ2) is 9.73. The van der Waals surface area contributed by atoms with Crippen molar-refractivity contribution in [3.8, 4) is 10.4 Å². The number of amides is 2. The Morgan fingerprint density at radius 3 is 2.77 bits per heavy atom. The van der Waals surface area contributed by atoms with Crippen molar-refractivity contribution in [3.63, 3.8) is 0 Å². The highest BCUT2D eigenvalue weighted by molar-refractivity contribution is 7.13. The fourth-order valence-electron chi connectivity index (χ4n) is 4.02. The zero-order chi connectivity index (χ0) is 20.9. The van der Waals surface area contributed by atoms with Gasteiger partial charge in [-0.05, 0) is 35.4 Å². The van der Waals surface area contributed by atoms with E-state index < -0.39 is 6.04 Å². The highest BCUT2D eigenvalue weighted by atomic mass is 32.1. The first kappa shape index (κ1) is 21.0. The summed E-state index contributed by atoms with van der Waals surface area (Å²) in [6.07, 6.45) is 2.61. The van der Waals surface area contributed by atoms with E-state index in [4.69, 9.17) is 9.47 Å². The molecule has 0 bridgehead atoms. The van der Waals surface area contributed by atoms with E-state index in [9.17, 15) is 9.59 Å². The molecule has 1 aromatic carbocycles. The number of carbonyl (C=O) groups excluding carboxylic acids is 2. The molecule has 2 amide bonds. The van der Waals surface area contributed by atoms with Crippen molar-refractivity contribution >= 4 is 23.2 Å². The van der Waals surface area contributed by atoms with Gasteiger partial charge in [0.05, 0.1) is 12.7 Å². The Hall–Kier alpha value is -2.22. The van der Waals surface area contributed by atoms with Gasteiger partial charge in [-0.25, -0.2) is 0 Å². The smallest absolute Gasteiger partial charge is 0.249 e. The van der Waals surface area contributed by atoms with Crippen molar-refractivity contribution in [2.24, 2.45) is 0 Å². The minimum absolute atomic E-state index is 0.00926. The van der Waals surface area contributed by atoms with Gasteiger partial charge in [-0.2, -0.15) is 0 Å². The molecule has 2 aliphatic rings. The summed E-state index contributed by atoms with van der Waals surface area (Å²) >= 11 is 1.70. The number of nitrogens with zero attached hydrogens (tertiary/aromatic N) is 2. The molecule has 7 heteroatoms. The predicted octanol–water partition coefficient (Wildman–Crippen LogP) is 2.82. The first-order valence-electron chi connectivity index (χ1n) is 10.5. The lowest BCUT2D eigenvalue weighted by Gasteiger charge is -2.39. The van der Waals surface area contributed by atoms with Crippen molar-refractivity contribution in [3.05, 3.63) is 47.3 Å². The van der Waals surface area contributed by atoms with Crippen LogP contribution in [0, 0.1) is 0 Å². The topological polar surface area (TPSA) is 59.1 Å². The molecule has 0 radical (unpaired) electrons. The molecule has 1 aromatic heterocycles. The zero-order valence-corrected chi connectivity index (χ0v) is 18.1. The van der Waals surface area contributed by atoms with Crippen LogP contribution in [0.4, 0.5) is 0 Å². The van der Waals surface area contributed by atoms with E-state index in [0.717, 1.165) is 30.6 Å². The molecule has 6 nitrogen and oxygen atoms in total. The van der Waals surface area contributed by atoms with Crippen LogP contribution < -0.4 is 0 Å². The van der Waals surface area contributed by atoms with E-state index in [1.807, 2.05) is 18.2 Å². The fourth-order valence-corrected chi connectivity index (χ4v) is 4.75. The SMILES string of the molecule is CN1CCN(C(=O)COC[C@H]2CCCO2)[C@@H](Cc2ccc(-c3cccs3)cc2)C1=O. The second-order valence-electron chi connectivity index (χ2n) is 7.89. The van der Waals surface area contributed by atoms with Gasteiger partial charge in [0.2, 0.25) is 11.8 Å². The van der Waals surface area contributed by atoms with Crippen molar-refractivity contribution in [2.75, 3.05) is 40.0 Å². The lowest BCUT2D eigenvalue weighted by Crippen LogP contribution is -2.59. The number of hydrogen-bond acceptors (Lipinski definition) is 5. The van der Waals surface area contributed by atoms with E-state index in [1.54, 1.807) is 28.2 Å². The molecular formula is C23H28N2O4S. The van der Waals surface area contributed by atoms with E-state index in [1.165, 1.54) is 4.88 Å². The van der Waals surface area contributed by atoms with Crippen LogP contribution >= 0.6 is 11.3 Å². The van der Waals surface area contributed by atoms with E-state index >= 15 is 0 Å². The molecule has 2 aromatic rings. The van der Waals surface area contributed by atoms with Crippen LogP contribution in [0.5, 0.6) is 0 Å². The average molecular weight is 429 g/mol. The van der Waals surface area contributed by atoms with Crippen molar-refractivity contribution in [1.82, 2.24) is 9.80 Å². The molecule has 4 rings (SSSR count). The third kappa shape index (κ3) is 4.91. The molecule has 2 atom stereocenters. The molecule has 0 saturated carbocycles. The van der Waals surface area contributed by atoms with Crippen LogP contribution in [0.15, 0.2) is 41.8 Å². The normalized spacial score (nSPS) is 22.0. The third-order valence-electron chi connectivity index (χ3n) is 5.78. The minimum atomic E-state index is -0.491. The molecule has 3 heterocycles. The van der Waals surface area contributed by atoms with E-state index in [0.29, 0.717) is 26.1 Å². The number of likely N-dealkylation sites (N-methyl/N-ethyl adjacent to an activating group) is 1. The molecule has 2 aliphatic heterocycles. The number of thiophene rings is 1. The van der Waals surface area contributed by atoms with Crippen LogP contribution in [0.1, 0.15) is 18.4 Å². The maximum Gasteiger partial charge on any atom is 0.249 e. The van der Waals surface area contributed by atoms with Crippen molar-refractivity contribution < 1.29 is 19.1 Å². The number of benzene rings is 1. The Morgan fingerprint density at radius 1 is 1.23 bits per heavy atom. The predicted molar refractivity (Wildman–Crippen MR) is 116 cm³/mol. The molecule has 0 N–H and O–H groups in total. The van der Waals surface area contributed by atoms with E-state index in [2.05, 4.69) is 23.6 Å². The monoisotopic (exact) mass is 428 g/mol. The largest absolute Gasteiger partial charge is 0.376 e. The maximum atomic E-state index is 12.9. The lowest BCUT2D eigenvalue weighted by molar-refractivity contribution is -0.153. The molecule has 0 spiro atoms. The van der Waals surface area contributed by atoms with Gasteiger partial charge in [-0.15, -0.1) is 11.3 Å². The van der Waals surface area contributed by atoms with Crippen molar-refractivity contribution in [1.29, 1.82) is 0 Å². The summed E-state index contributed by atoms with van der Waals surface area (Å²) in [4.78, 5) is 30.3. The average Bonchev–Trinajstić information content (AvgIpc) is 3.46. The second-order valence-corrected chi connectivity index (χ2v) is 8.84. The summed E-state index contributed by atoms with van der Waals surface area (Å²) in [7, 11) is 1.80. The summed E-state index contributed by atoms with van der Waals surface area (Å²) in [6, 6.07) is 11.9. The van der Waals surface area contributed by atoms with Gasteiger partial charge < -0.3 is 19.3 Å². The molecule has 2 fully saturated rings. The highest BCUT2D eigenvalue weighted by Gasteiger charge is 2.36. The van der Waals surface area contributed by atoms with Gasteiger partial charge in [0.25, 0.3) is 0 Å². The van der Waals surface area contributed by atoms with Crippen LogP contribution in [0.2, 0.25) is 0 Å². The molecule has 30 heavy (non-hydrogen) atoms. The van der Waals surface area contributed by atoms with Crippen molar-refractivity contribution in [2.45, 2.75) is 31.4 Å². The fraction of sp³-hybridized carbons (Fsp3) is 0.478. The summed E-state index contributed by atoms with van der Waals surface area (Å²) in [5.41, 5.74) is 2.21. The summed E-state index contributed by atoms with van der Waals surface area (Å²) in [6.45, 7) is 2.27. The molecular weight excluding hydrogens is 400 g/mol. The summed E-state index contributed by atoms with van der Waals surface area (Å²) < 4.78 is 11.1. The molecule has 0 unspecified atom stereocenters. The minimum Gasteiger partial charge on any atom is -0.376 e. The Balaban J connectivity index is 1.39. The molecule has 2 saturated heterocycles. The quantitative estimate of drug-likeness (QED) is 0.681. The highest BCUT2D eigenvalue weighted by Crippen LogP contribution is 2.25. The van der Waals surface area contributed by atoms with Crippen LogP contribution in [0.25, 0.3) is 10.4 Å². The lowest BCUT2D eigenvalue weighted by atomic mass is 10.00. The van der Waals surface area contributed by atoms with Gasteiger partial charge in [-0.3, -0.25) is 9.59 Å². The summed E-state index contributed by atoms with van der Waals surface area (Å²) in [5.74, 6) is -0.147. The number of carbonyl (C=O) groups is 2. The molecule has 0 aliphatic carbocycles. The number of rotatable bonds is 7. The van der Waals surface area contributed by atoms with E-state index in [-0.39, 0.29) is 24.5 Å². The van der Waals surface area contributed by atoms with Crippen LogP contribution in [0.3, 0.4) is 0 Å². The van der Waals surface area contributed by atoms with Gasteiger partial charge >= 0.3 is 0 Å². The van der Waals surface area contributed by atoms with Crippen LogP contribution in [-0.2, 0) is 25.5 Å². The number of piperazine rings is 1.